The lowest BCUT2D eigenvalue weighted by Gasteiger charge is -2.13. The fraction of sp³-hybridized carbons (Fsp3) is 0.312. The number of ether oxygens (including phenoxy) is 1. The first kappa shape index (κ1) is 23.6. The molecule has 2 rings (SSSR count). The zero-order chi connectivity index (χ0) is 16.8. The number of nitrogens with one attached hydrogen (secondary N) is 1. The van der Waals surface area contributed by atoms with Crippen LogP contribution < -0.4 is 15.8 Å². The minimum Gasteiger partial charge on any atom is -0.491 e. The van der Waals surface area contributed by atoms with Crippen molar-refractivity contribution in [1.29, 1.82) is 0 Å². The Hall–Kier alpha value is -1.44. The van der Waals surface area contributed by atoms with Gasteiger partial charge in [0.1, 0.15) is 24.4 Å². The van der Waals surface area contributed by atoms with Gasteiger partial charge < -0.3 is 25.1 Å². The van der Waals surface area contributed by atoms with E-state index in [0.29, 0.717) is 34.4 Å². The van der Waals surface area contributed by atoms with Gasteiger partial charge in [0, 0.05) is 12.2 Å². The Bertz CT molecular complexity index is 678. The minimum atomic E-state index is -0.286. The fourth-order valence-electron chi connectivity index (χ4n) is 1.84. The van der Waals surface area contributed by atoms with Crippen LogP contribution in [0.5, 0.6) is 5.75 Å². The maximum atomic E-state index is 12.1. The average molecular weight is 411 g/mol. The quantitative estimate of drug-likeness (QED) is 0.731. The number of carbonyl (C=O) groups excluding carboxylic acids is 1. The summed E-state index contributed by atoms with van der Waals surface area (Å²) in [5.41, 5.74) is 6.44. The molecular formula is C16H22Cl3N3O3. The summed E-state index contributed by atoms with van der Waals surface area (Å²) in [5.74, 6) is 0.851. The number of nitrogens with zero attached hydrogens (tertiary/aromatic N) is 1. The Morgan fingerprint density at radius 3 is 2.60 bits per heavy atom. The third kappa shape index (κ3) is 7.13. The average Bonchev–Trinajstić information content (AvgIpc) is 2.98. The van der Waals surface area contributed by atoms with Crippen LogP contribution in [0.1, 0.15) is 16.1 Å². The minimum absolute atomic E-state index is 0. The molecule has 140 valence electrons. The molecule has 0 atom stereocenters. The molecule has 0 spiro atoms. The largest absolute Gasteiger partial charge is 0.491 e. The van der Waals surface area contributed by atoms with Crippen molar-refractivity contribution in [3.05, 3.63) is 46.9 Å². The molecule has 1 heterocycles. The second-order valence-corrected chi connectivity index (χ2v) is 5.66. The number of rotatable bonds is 7. The van der Waals surface area contributed by atoms with E-state index >= 15 is 0 Å². The molecule has 0 fully saturated rings. The second-order valence-electron chi connectivity index (χ2n) is 5.26. The SMILES string of the molecule is CN(C)CCOc1ccc(NC(=O)c2coc(CN)c2)cc1Cl.Cl.Cl. The predicted molar refractivity (Wildman–Crippen MR) is 105 cm³/mol. The lowest BCUT2D eigenvalue weighted by atomic mass is 10.2. The van der Waals surface area contributed by atoms with E-state index in [-0.39, 0.29) is 37.3 Å². The number of furan rings is 1. The molecule has 25 heavy (non-hydrogen) atoms. The van der Waals surface area contributed by atoms with E-state index in [9.17, 15) is 4.79 Å². The van der Waals surface area contributed by atoms with Crippen molar-refractivity contribution in [2.24, 2.45) is 5.73 Å². The zero-order valence-electron chi connectivity index (χ0n) is 14.0. The molecule has 0 radical (unpaired) electrons. The number of hydrogen-bond acceptors (Lipinski definition) is 5. The summed E-state index contributed by atoms with van der Waals surface area (Å²) in [6.45, 7) is 1.58. The van der Waals surface area contributed by atoms with E-state index in [1.165, 1.54) is 6.26 Å². The van der Waals surface area contributed by atoms with Crippen LogP contribution in [0.4, 0.5) is 5.69 Å². The van der Waals surface area contributed by atoms with Crippen molar-refractivity contribution < 1.29 is 13.9 Å². The predicted octanol–water partition coefficient (Wildman–Crippen LogP) is 3.43. The van der Waals surface area contributed by atoms with Crippen molar-refractivity contribution in [3.8, 4) is 5.75 Å². The molecule has 0 bridgehead atoms. The third-order valence-electron chi connectivity index (χ3n) is 3.10. The molecule has 1 amide bonds. The summed E-state index contributed by atoms with van der Waals surface area (Å²) < 4.78 is 10.7. The first-order chi connectivity index (χ1) is 11.0. The Kier molecular flexibility index (Phi) is 10.6. The van der Waals surface area contributed by atoms with E-state index < -0.39 is 0 Å². The molecule has 9 heteroatoms. The Morgan fingerprint density at radius 2 is 2.04 bits per heavy atom. The first-order valence-corrected chi connectivity index (χ1v) is 7.53. The van der Waals surface area contributed by atoms with Gasteiger partial charge in [-0.05, 0) is 38.4 Å². The summed E-state index contributed by atoms with van der Waals surface area (Å²) >= 11 is 6.18. The number of anilines is 1. The van der Waals surface area contributed by atoms with Crippen LogP contribution in [-0.2, 0) is 6.54 Å². The maximum Gasteiger partial charge on any atom is 0.258 e. The van der Waals surface area contributed by atoms with Gasteiger partial charge >= 0.3 is 0 Å². The summed E-state index contributed by atoms with van der Waals surface area (Å²) in [5, 5.41) is 3.19. The lowest BCUT2D eigenvalue weighted by molar-refractivity contribution is 0.102. The van der Waals surface area contributed by atoms with E-state index in [0.717, 1.165) is 6.54 Å². The highest BCUT2D eigenvalue weighted by atomic mass is 35.5. The molecule has 0 aliphatic rings. The monoisotopic (exact) mass is 409 g/mol. The van der Waals surface area contributed by atoms with Crippen molar-refractivity contribution in [2.75, 3.05) is 32.6 Å². The molecule has 6 nitrogen and oxygen atoms in total. The van der Waals surface area contributed by atoms with Gasteiger partial charge in [-0.25, -0.2) is 0 Å². The van der Waals surface area contributed by atoms with Crippen LogP contribution in [0, 0.1) is 0 Å². The van der Waals surface area contributed by atoms with Gasteiger partial charge in [0.2, 0.25) is 0 Å². The number of halogens is 3. The molecule has 1 aromatic carbocycles. The molecular weight excluding hydrogens is 389 g/mol. The standard InChI is InChI=1S/C16H20ClN3O3.2ClH/c1-20(2)5-6-22-15-4-3-12(8-14(15)17)19-16(21)11-7-13(9-18)23-10-11;;/h3-4,7-8,10H,5-6,9,18H2,1-2H3,(H,19,21);2*1H. The first-order valence-electron chi connectivity index (χ1n) is 7.15. The van der Waals surface area contributed by atoms with E-state index in [2.05, 4.69) is 5.32 Å². The maximum absolute atomic E-state index is 12.1. The van der Waals surface area contributed by atoms with Gasteiger partial charge in [-0.1, -0.05) is 11.6 Å². The van der Waals surface area contributed by atoms with Gasteiger partial charge in [-0.2, -0.15) is 0 Å². The lowest BCUT2D eigenvalue weighted by Crippen LogP contribution is -2.19. The summed E-state index contributed by atoms with van der Waals surface area (Å²) in [6, 6.07) is 6.72. The van der Waals surface area contributed by atoms with Crippen LogP contribution in [0.15, 0.2) is 34.9 Å². The highest BCUT2D eigenvalue weighted by Crippen LogP contribution is 2.28. The molecule has 3 N–H and O–H groups in total. The number of nitrogens with two attached hydrogens (primary N) is 1. The smallest absolute Gasteiger partial charge is 0.258 e. The summed E-state index contributed by atoms with van der Waals surface area (Å²) in [6.07, 6.45) is 1.37. The normalized spacial score (nSPS) is 9.96. The van der Waals surface area contributed by atoms with Crippen molar-refractivity contribution >= 4 is 48.0 Å². The number of benzene rings is 1. The fourth-order valence-corrected chi connectivity index (χ4v) is 2.08. The van der Waals surface area contributed by atoms with Gasteiger partial charge in [0.05, 0.1) is 17.1 Å². The highest BCUT2D eigenvalue weighted by Gasteiger charge is 2.11. The van der Waals surface area contributed by atoms with Crippen LogP contribution >= 0.6 is 36.4 Å². The Balaban J connectivity index is 0.00000288. The highest BCUT2D eigenvalue weighted by molar-refractivity contribution is 6.32. The van der Waals surface area contributed by atoms with Crippen molar-refractivity contribution in [1.82, 2.24) is 4.90 Å². The Labute approximate surface area is 164 Å². The molecule has 0 saturated heterocycles. The third-order valence-corrected chi connectivity index (χ3v) is 3.40. The molecule has 2 aromatic rings. The topological polar surface area (TPSA) is 80.7 Å². The second kappa shape index (κ2) is 11.2. The molecule has 0 saturated carbocycles. The van der Waals surface area contributed by atoms with Crippen LogP contribution in [0.25, 0.3) is 0 Å². The number of hydrogen-bond donors (Lipinski definition) is 2. The number of amides is 1. The summed E-state index contributed by atoms with van der Waals surface area (Å²) in [7, 11) is 3.94. The zero-order valence-corrected chi connectivity index (χ0v) is 16.3. The van der Waals surface area contributed by atoms with Crippen LogP contribution in [-0.4, -0.2) is 38.1 Å². The number of carbonyl (C=O) groups is 1. The molecule has 0 unspecified atom stereocenters. The molecule has 0 aliphatic heterocycles. The van der Waals surface area contributed by atoms with Gasteiger partial charge in [-0.3, -0.25) is 4.79 Å². The molecule has 0 aliphatic carbocycles. The molecule has 1 aromatic heterocycles. The van der Waals surface area contributed by atoms with E-state index in [1.807, 2.05) is 19.0 Å². The van der Waals surface area contributed by atoms with E-state index in [1.54, 1.807) is 24.3 Å². The van der Waals surface area contributed by atoms with Gasteiger partial charge in [0.25, 0.3) is 5.91 Å². The Morgan fingerprint density at radius 1 is 1.32 bits per heavy atom. The number of likely N-dealkylation sites (N-methyl/N-ethyl adjacent to an activating group) is 1. The van der Waals surface area contributed by atoms with Crippen molar-refractivity contribution in [2.45, 2.75) is 6.54 Å². The summed E-state index contributed by atoms with van der Waals surface area (Å²) in [4.78, 5) is 14.1. The van der Waals surface area contributed by atoms with E-state index in [4.69, 9.17) is 26.5 Å². The van der Waals surface area contributed by atoms with Crippen LogP contribution in [0.3, 0.4) is 0 Å². The van der Waals surface area contributed by atoms with Gasteiger partial charge in [-0.15, -0.1) is 24.8 Å². The van der Waals surface area contributed by atoms with Crippen LogP contribution in [0.2, 0.25) is 5.02 Å². The van der Waals surface area contributed by atoms with Gasteiger partial charge in [0.15, 0.2) is 0 Å². The van der Waals surface area contributed by atoms with Crippen molar-refractivity contribution in [3.63, 3.8) is 0 Å².